The highest BCUT2D eigenvalue weighted by Crippen LogP contribution is 2.41. The molecule has 0 bridgehead atoms. The number of fused-ring (bicyclic) bond motifs is 1. The third-order valence-corrected chi connectivity index (χ3v) is 7.84. The van der Waals surface area contributed by atoms with Gasteiger partial charge in [-0.2, -0.15) is 0 Å². The van der Waals surface area contributed by atoms with Crippen LogP contribution in [0.25, 0.3) is 17.0 Å². The minimum absolute atomic E-state index is 0.317. The minimum Gasteiger partial charge on any atom is -0.493 e. The van der Waals surface area contributed by atoms with Gasteiger partial charge in [-0.1, -0.05) is 57.0 Å². The summed E-state index contributed by atoms with van der Waals surface area (Å²) in [6.07, 6.45) is 10.2. The van der Waals surface area contributed by atoms with Crippen LogP contribution in [0.4, 0.5) is 11.5 Å². The number of benzene rings is 3. The number of ether oxygens (including phenoxy) is 5. The number of esters is 1. The molecule has 0 fully saturated rings. The van der Waals surface area contributed by atoms with Crippen LogP contribution in [-0.2, 0) is 16.1 Å². The summed E-state index contributed by atoms with van der Waals surface area (Å²) in [4.78, 5) is 23.5. The van der Waals surface area contributed by atoms with Crippen LogP contribution in [0.15, 0.2) is 67.0 Å². The monoisotopic (exact) mass is 656 g/mol. The molecule has 48 heavy (non-hydrogen) atoms. The molecule has 0 amide bonds. The maximum absolute atomic E-state index is 11.9. The van der Waals surface area contributed by atoms with Gasteiger partial charge in [0, 0.05) is 24.1 Å². The molecule has 0 saturated heterocycles. The largest absolute Gasteiger partial charge is 0.493 e. The average molecular weight is 657 g/mol. The number of nitrogens with zero attached hydrogens (tertiary/aromatic N) is 3. The summed E-state index contributed by atoms with van der Waals surface area (Å²) in [6.45, 7) is 8.54. The summed E-state index contributed by atoms with van der Waals surface area (Å²) < 4.78 is 28.9. The summed E-state index contributed by atoms with van der Waals surface area (Å²) in [6, 6.07) is 17.3. The lowest BCUT2D eigenvalue weighted by Gasteiger charge is -2.22. The Labute approximate surface area is 284 Å². The molecule has 4 rings (SSSR count). The smallest absolute Gasteiger partial charge is 0.330 e. The Balaban J connectivity index is 1.64. The normalized spacial score (nSPS) is 11.2. The van der Waals surface area contributed by atoms with Crippen molar-refractivity contribution in [3.63, 3.8) is 0 Å². The van der Waals surface area contributed by atoms with Gasteiger partial charge in [-0.05, 0) is 67.8 Å². The van der Waals surface area contributed by atoms with E-state index in [1.165, 1.54) is 45.2 Å². The molecule has 0 aliphatic rings. The second-order valence-electron chi connectivity index (χ2n) is 11.3. The van der Waals surface area contributed by atoms with Crippen LogP contribution in [0.5, 0.6) is 23.0 Å². The van der Waals surface area contributed by atoms with Crippen LogP contribution in [0.1, 0.15) is 57.1 Å². The zero-order valence-electron chi connectivity index (χ0n) is 28.8. The lowest BCUT2D eigenvalue weighted by atomic mass is 10.1. The quantitative estimate of drug-likeness (QED) is 0.0575. The van der Waals surface area contributed by atoms with E-state index in [4.69, 9.17) is 23.7 Å². The van der Waals surface area contributed by atoms with E-state index >= 15 is 0 Å². The van der Waals surface area contributed by atoms with E-state index in [1.54, 1.807) is 26.4 Å². The molecule has 0 unspecified atom stereocenters. The number of nitrogens with one attached hydrogen (secondary N) is 1. The molecule has 1 N–H and O–H groups in total. The molecule has 3 aromatic carbocycles. The molecule has 0 aliphatic heterocycles. The van der Waals surface area contributed by atoms with Gasteiger partial charge in [-0.3, -0.25) is 0 Å². The van der Waals surface area contributed by atoms with E-state index in [1.807, 2.05) is 48.5 Å². The van der Waals surface area contributed by atoms with Gasteiger partial charge in [-0.25, -0.2) is 14.8 Å². The molecule has 1 heterocycles. The molecule has 10 heteroatoms. The number of methoxy groups -OCH3 is 3. The summed E-state index contributed by atoms with van der Waals surface area (Å²) >= 11 is 0. The first-order chi connectivity index (χ1) is 23.5. The lowest BCUT2D eigenvalue weighted by Crippen LogP contribution is -2.28. The first-order valence-corrected chi connectivity index (χ1v) is 16.6. The van der Waals surface area contributed by atoms with Gasteiger partial charge in [0.2, 0.25) is 0 Å². The van der Waals surface area contributed by atoms with Crippen LogP contribution in [0.2, 0.25) is 0 Å². The van der Waals surface area contributed by atoms with Crippen molar-refractivity contribution in [2.75, 3.05) is 52.9 Å². The molecular formula is C38H48N4O6. The van der Waals surface area contributed by atoms with Gasteiger partial charge in [0.25, 0.3) is 0 Å². The molecule has 0 spiro atoms. The van der Waals surface area contributed by atoms with Crippen LogP contribution < -0.4 is 24.3 Å². The van der Waals surface area contributed by atoms with Crippen molar-refractivity contribution in [3.8, 4) is 23.0 Å². The first kappa shape index (κ1) is 36.0. The number of carbonyl (C=O) groups is 1. The van der Waals surface area contributed by atoms with Crippen molar-refractivity contribution in [2.24, 2.45) is 0 Å². The second kappa shape index (κ2) is 19.1. The summed E-state index contributed by atoms with van der Waals surface area (Å²) in [7, 11) is 4.54. The van der Waals surface area contributed by atoms with Gasteiger partial charge in [-0.15, -0.1) is 0 Å². The Bertz CT molecular complexity index is 1620. The Morgan fingerprint density at radius 3 is 2.25 bits per heavy atom. The maximum Gasteiger partial charge on any atom is 0.330 e. The highest BCUT2D eigenvalue weighted by molar-refractivity contribution is 5.94. The van der Waals surface area contributed by atoms with E-state index in [-0.39, 0.29) is 0 Å². The highest BCUT2D eigenvalue weighted by Gasteiger charge is 2.18. The Morgan fingerprint density at radius 2 is 1.56 bits per heavy atom. The summed E-state index contributed by atoms with van der Waals surface area (Å²) in [5.74, 6) is 2.26. The molecule has 0 atom stereocenters. The van der Waals surface area contributed by atoms with E-state index in [0.717, 1.165) is 37.0 Å². The second-order valence-corrected chi connectivity index (χ2v) is 11.3. The number of carbonyl (C=O) groups excluding carboxylic acids is 1. The van der Waals surface area contributed by atoms with E-state index in [2.05, 4.69) is 34.0 Å². The van der Waals surface area contributed by atoms with Crippen LogP contribution >= 0.6 is 0 Å². The predicted molar refractivity (Wildman–Crippen MR) is 191 cm³/mol. The highest BCUT2D eigenvalue weighted by atomic mass is 16.5. The fourth-order valence-corrected chi connectivity index (χ4v) is 5.21. The van der Waals surface area contributed by atoms with Crippen molar-refractivity contribution in [3.05, 3.63) is 78.1 Å². The van der Waals surface area contributed by atoms with Crippen molar-refractivity contribution >= 4 is 34.5 Å². The van der Waals surface area contributed by atoms with Crippen molar-refractivity contribution in [1.29, 1.82) is 0 Å². The van der Waals surface area contributed by atoms with Crippen molar-refractivity contribution in [2.45, 2.75) is 52.6 Å². The van der Waals surface area contributed by atoms with Crippen molar-refractivity contribution in [1.82, 2.24) is 14.9 Å². The number of rotatable bonds is 20. The number of hydrogen-bond donors (Lipinski definition) is 1. The van der Waals surface area contributed by atoms with Crippen LogP contribution in [0, 0.1) is 0 Å². The standard InChI is InChI=1S/C38H48N4O6/c1-6-8-18-42(19-9-7-2)20-13-21-47-34-24-30-31(25-33(34)44-3)39-27-40-38(30)41-32-22-29(16-17-36(43)46-5)23-35(45-4)37(32)48-26-28-14-11-10-12-15-28/h10-12,14-17,22-25,27H,6-9,13,18-21,26H2,1-5H3,(H,39,40,41)/b17-16+. The molecule has 256 valence electrons. The topological polar surface area (TPSA) is 104 Å². The number of anilines is 2. The zero-order chi connectivity index (χ0) is 34.1. The SMILES string of the molecule is CCCCN(CCCC)CCCOc1cc2c(Nc3cc(/C=C/C(=O)OC)cc(OC)c3OCc3ccccc3)ncnc2cc1OC. The third-order valence-electron chi connectivity index (χ3n) is 7.84. The Hall–Kier alpha value is -4.83. The van der Waals surface area contributed by atoms with E-state index in [9.17, 15) is 4.79 Å². The molecule has 0 aliphatic carbocycles. The molecule has 0 saturated carbocycles. The van der Waals surface area contributed by atoms with Crippen LogP contribution in [0.3, 0.4) is 0 Å². The predicted octanol–water partition coefficient (Wildman–Crippen LogP) is 7.83. The van der Waals surface area contributed by atoms with E-state index in [0.29, 0.717) is 58.8 Å². The summed E-state index contributed by atoms with van der Waals surface area (Å²) in [5.41, 5.74) is 2.97. The Kier molecular flexibility index (Phi) is 14.3. The molecule has 4 aromatic rings. The first-order valence-electron chi connectivity index (χ1n) is 16.6. The number of hydrogen-bond acceptors (Lipinski definition) is 10. The van der Waals surface area contributed by atoms with Gasteiger partial charge >= 0.3 is 5.97 Å². The molecular weight excluding hydrogens is 608 g/mol. The van der Waals surface area contributed by atoms with Gasteiger partial charge < -0.3 is 33.9 Å². The minimum atomic E-state index is -0.467. The van der Waals surface area contributed by atoms with E-state index < -0.39 is 5.97 Å². The molecule has 1 aromatic heterocycles. The van der Waals surface area contributed by atoms with Crippen molar-refractivity contribution < 1.29 is 28.5 Å². The maximum atomic E-state index is 11.9. The van der Waals surface area contributed by atoms with Gasteiger partial charge in [0.1, 0.15) is 18.8 Å². The van der Waals surface area contributed by atoms with Gasteiger partial charge in [0.05, 0.1) is 39.1 Å². The number of unbranched alkanes of at least 4 members (excludes halogenated alkanes) is 2. The Morgan fingerprint density at radius 1 is 0.833 bits per heavy atom. The summed E-state index contributed by atoms with van der Waals surface area (Å²) in [5, 5.41) is 4.19. The third kappa shape index (κ3) is 10.3. The number of aromatic nitrogens is 2. The van der Waals surface area contributed by atoms with Gasteiger partial charge in [0.15, 0.2) is 23.0 Å². The molecule has 0 radical (unpaired) electrons. The average Bonchev–Trinajstić information content (AvgIpc) is 3.12. The fourth-order valence-electron chi connectivity index (χ4n) is 5.21. The fraction of sp³-hybridized carbons (Fsp3) is 0.395. The molecule has 10 nitrogen and oxygen atoms in total. The zero-order valence-corrected chi connectivity index (χ0v) is 28.8. The van der Waals surface area contributed by atoms with Crippen LogP contribution in [-0.4, -0.2) is 68.4 Å². The lowest BCUT2D eigenvalue weighted by molar-refractivity contribution is -0.134.